The molecule has 1 saturated heterocycles. The highest BCUT2D eigenvalue weighted by molar-refractivity contribution is 6.21. The Balaban J connectivity index is 1.66. The molecule has 1 fully saturated rings. The fraction of sp³-hybridized carbons (Fsp3) is 0.565. The van der Waals surface area contributed by atoms with Crippen LogP contribution in [0.1, 0.15) is 77.7 Å². The highest BCUT2D eigenvalue weighted by Gasteiger charge is 2.50. The lowest BCUT2D eigenvalue weighted by atomic mass is 9.78. The van der Waals surface area contributed by atoms with Gasteiger partial charge in [0.05, 0.1) is 54.4 Å². The first-order chi connectivity index (χ1) is 29.8. The number of phenols is 2. The fourth-order valence-electron chi connectivity index (χ4n) is 8.39. The van der Waals surface area contributed by atoms with E-state index >= 15 is 0 Å². The molecule has 2 aromatic rings. The van der Waals surface area contributed by atoms with Gasteiger partial charge in [-0.2, -0.15) is 0 Å². The number of morpholine rings is 1. The maximum Gasteiger partial charge on any atom is 0.312 e. The number of aliphatic hydroxyl groups excluding tert-OH is 2. The zero-order chi connectivity index (χ0) is 46.5. The third-order valence-corrected chi connectivity index (χ3v) is 12.2. The first-order valence-corrected chi connectivity index (χ1v) is 21.4. The van der Waals surface area contributed by atoms with Crippen molar-refractivity contribution < 1.29 is 68.0 Å². The second-order valence-electron chi connectivity index (χ2n) is 16.8. The van der Waals surface area contributed by atoms with Crippen LogP contribution in [0.5, 0.6) is 23.0 Å². The summed E-state index contributed by atoms with van der Waals surface area (Å²) in [5.74, 6) is -8.15. The molecule has 2 aromatic carbocycles. The van der Waals surface area contributed by atoms with Gasteiger partial charge in [0.25, 0.3) is 17.6 Å². The summed E-state index contributed by atoms with van der Waals surface area (Å²) in [5.41, 5.74) is -0.0373. The molecule has 4 aliphatic rings. The molecule has 0 aliphatic carbocycles. The predicted molar refractivity (Wildman–Crippen MR) is 232 cm³/mol. The molecule has 2 amide bonds. The zero-order valence-electron chi connectivity index (χ0n) is 37.8. The molecule has 346 valence electrons. The summed E-state index contributed by atoms with van der Waals surface area (Å²) in [6.07, 6.45) is 4.23. The first-order valence-electron chi connectivity index (χ1n) is 21.4. The molecule has 5 N–H and O–H groups in total. The highest BCUT2D eigenvalue weighted by atomic mass is 16.7. The zero-order valence-corrected chi connectivity index (χ0v) is 37.8. The largest absolute Gasteiger partial charge is 0.507 e. The highest BCUT2D eigenvalue weighted by Crippen LogP contribution is 2.54. The number of hydrogen-bond donors (Lipinski definition) is 5. The Morgan fingerprint density at radius 2 is 1.67 bits per heavy atom. The van der Waals surface area contributed by atoms with E-state index in [-0.39, 0.29) is 44.7 Å². The Hall–Kier alpha value is -5.20. The number of fused-ring (bicyclic) bond motifs is 14. The van der Waals surface area contributed by atoms with E-state index in [1.165, 1.54) is 59.3 Å². The summed E-state index contributed by atoms with van der Waals surface area (Å²) in [6, 6.07) is 1.28. The average Bonchev–Trinajstić information content (AvgIpc) is 3.52. The third kappa shape index (κ3) is 10.3. The number of nitrogens with zero attached hydrogens (tertiary/aromatic N) is 2. The number of hydrazine groups is 1. The van der Waals surface area contributed by atoms with Crippen molar-refractivity contribution in [2.24, 2.45) is 23.7 Å². The van der Waals surface area contributed by atoms with Crippen molar-refractivity contribution >= 4 is 40.0 Å². The maximum atomic E-state index is 14.6. The summed E-state index contributed by atoms with van der Waals surface area (Å²) >= 11 is 0. The summed E-state index contributed by atoms with van der Waals surface area (Å²) in [5, 5.41) is 52.2. The van der Waals surface area contributed by atoms with Crippen molar-refractivity contribution in [1.82, 2.24) is 10.0 Å². The second kappa shape index (κ2) is 20.5. The van der Waals surface area contributed by atoms with Crippen LogP contribution in [0.25, 0.3) is 10.8 Å². The number of phenolic OH excluding ortho intramolecular Hbond substituents is 2. The summed E-state index contributed by atoms with van der Waals surface area (Å²) in [7, 11) is 1.44. The van der Waals surface area contributed by atoms with E-state index in [1.807, 2.05) is 11.9 Å². The van der Waals surface area contributed by atoms with E-state index in [2.05, 4.69) is 5.32 Å². The van der Waals surface area contributed by atoms with E-state index in [9.17, 15) is 39.6 Å². The normalized spacial score (nSPS) is 30.4. The smallest absolute Gasteiger partial charge is 0.312 e. The molecule has 0 aromatic heterocycles. The van der Waals surface area contributed by atoms with Gasteiger partial charge in [-0.25, -0.2) is 5.01 Å². The first kappa shape index (κ1) is 48.8. The summed E-state index contributed by atoms with van der Waals surface area (Å²) in [6.45, 7) is 16.2. The van der Waals surface area contributed by atoms with E-state index in [1.54, 1.807) is 44.9 Å². The predicted octanol–water partition coefficient (Wildman–Crippen LogP) is 4.91. The minimum absolute atomic E-state index is 0.0646. The number of nitrogens with one attached hydrogen (secondary N) is 1. The van der Waals surface area contributed by atoms with E-state index in [4.69, 9.17) is 28.4 Å². The molecule has 0 unspecified atom stereocenters. The number of methoxy groups -OCH3 is 1. The van der Waals surface area contributed by atoms with Crippen molar-refractivity contribution in [2.75, 3.05) is 51.9 Å². The minimum atomic E-state index is -2.04. The number of Topliss-reactive ketones (excluding diaryl/α,β-unsaturated/α-hetero) is 1. The number of carbonyl (C=O) groups excluding carboxylic acids is 4. The minimum Gasteiger partial charge on any atom is -0.507 e. The number of rotatable bonds is 8. The number of aliphatic hydroxyl groups is 2. The molecule has 0 saturated carbocycles. The molecular weight excluding hydrogens is 819 g/mol. The molecule has 4 heterocycles. The topological polar surface area (TPSA) is 223 Å². The molecule has 17 heteroatoms. The SMILES string of the molecule is CCCN(C(=O)COc1cc2c(O)c3c(O)c(C)c4c(c13)C(=O)[C@@](C)(O/C=C/[C@H](OC)[C@@H](C)[C@@H](OC(C)=O)[C@H](C)[C@H](O)[C@H](C)[C@@H](O)[C@@H](C)/C=C/C=C(/C)C(=O)N2)O4)N1CCOCC1. The van der Waals surface area contributed by atoms with Gasteiger partial charge in [0, 0.05) is 86.9 Å². The van der Waals surface area contributed by atoms with Crippen molar-refractivity contribution in [1.29, 1.82) is 0 Å². The number of amides is 2. The summed E-state index contributed by atoms with van der Waals surface area (Å²) < 4.78 is 35.5. The van der Waals surface area contributed by atoms with Crippen molar-refractivity contribution in [3.05, 3.63) is 53.3 Å². The van der Waals surface area contributed by atoms with Crippen molar-refractivity contribution in [3.63, 3.8) is 0 Å². The Bertz CT molecular complexity index is 2130. The van der Waals surface area contributed by atoms with Crippen LogP contribution >= 0.6 is 0 Å². The van der Waals surface area contributed by atoms with Gasteiger partial charge in [0.2, 0.25) is 0 Å². The van der Waals surface area contributed by atoms with Crippen molar-refractivity contribution in [3.8, 4) is 23.0 Å². The second-order valence-corrected chi connectivity index (χ2v) is 16.8. The van der Waals surface area contributed by atoms with Crippen LogP contribution in [0.4, 0.5) is 5.69 Å². The van der Waals surface area contributed by atoms with Crippen LogP contribution < -0.4 is 14.8 Å². The maximum absolute atomic E-state index is 14.6. The number of ketones is 1. The number of hydrogen-bond acceptors (Lipinski definition) is 15. The number of carbonyl (C=O) groups is 4. The number of aromatic hydroxyl groups is 2. The molecule has 9 atom stereocenters. The van der Waals surface area contributed by atoms with Crippen LogP contribution in [0.15, 0.2) is 42.2 Å². The lowest BCUT2D eigenvalue weighted by molar-refractivity contribution is -0.161. The Morgan fingerprint density at radius 1 is 0.984 bits per heavy atom. The third-order valence-electron chi connectivity index (χ3n) is 12.2. The summed E-state index contributed by atoms with van der Waals surface area (Å²) in [4.78, 5) is 54.5. The van der Waals surface area contributed by atoms with Crippen molar-refractivity contribution in [2.45, 2.75) is 98.9 Å². The molecule has 5 bridgehead atoms. The quantitative estimate of drug-likeness (QED) is 0.176. The lowest BCUT2D eigenvalue weighted by Gasteiger charge is -2.38. The number of ether oxygens (including phenoxy) is 6. The molecule has 0 radical (unpaired) electrons. The number of allylic oxidation sites excluding steroid dienone is 2. The van der Waals surface area contributed by atoms with E-state index < -0.39 is 95.5 Å². The Morgan fingerprint density at radius 3 is 2.30 bits per heavy atom. The van der Waals surface area contributed by atoms with Crippen LogP contribution in [0.3, 0.4) is 0 Å². The number of anilines is 1. The van der Waals surface area contributed by atoms with Crippen LogP contribution in [0, 0.1) is 30.6 Å². The average molecular weight is 882 g/mol. The van der Waals surface area contributed by atoms with Gasteiger partial charge < -0.3 is 54.2 Å². The van der Waals surface area contributed by atoms with E-state index in [0.717, 1.165) is 0 Å². The van der Waals surface area contributed by atoms with E-state index in [0.29, 0.717) is 39.3 Å². The number of benzene rings is 2. The van der Waals surface area contributed by atoms with Gasteiger partial charge in [0.15, 0.2) is 12.4 Å². The number of esters is 1. The van der Waals surface area contributed by atoms with Gasteiger partial charge in [-0.1, -0.05) is 52.8 Å². The van der Waals surface area contributed by atoms with Gasteiger partial charge in [-0.05, 0) is 26.3 Å². The molecule has 6 rings (SSSR count). The standard InChI is InChI=1S/C46H63N3O14/c1-11-16-49(48-17-20-59-21-18-48)34(51)23-60-33-22-31-41(55)36-35(33)37-43(29(7)40(36)54)63-46(9,44(37)56)61-19-15-32(58-10)26(4)42(62-30(8)50)28(6)39(53)27(5)38(52)24(2)13-12-14-25(3)45(57)47-31/h12-15,19,22,24,26-28,32,38-39,42,52-55H,11,16-18,20-21,23H2,1-10H3,(H,47,57)/b13-12+,19-15+,25-14-/t24-,26+,27+,28+,32-,38-,39+,42+,46-/m0/s1. The van der Waals surface area contributed by atoms with Crippen LogP contribution in [-0.2, 0) is 33.3 Å². The molecule has 4 aliphatic heterocycles. The Kier molecular flexibility index (Phi) is 15.9. The fourth-order valence-corrected chi connectivity index (χ4v) is 8.39. The van der Waals surface area contributed by atoms with Gasteiger partial charge in [0.1, 0.15) is 23.4 Å². The van der Waals surface area contributed by atoms with Crippen LogP contribution in [-0.4, -0.2) is 131 Å². The van der Waals surface area contributed by atoms with Gasteiger partial charge >= 0.3 is 11.8 Å². The molecule has 0 spiro atoms. The Labute approximate surface area is 368 Å². The van der Waals surface area contributed by atoms with Crippen LogP contribution in [0.2, 0.25) is 0 Å². The molecular formula is C46H63N3O14. The monoisotopic (exact) mass is 881 g/mol. The van der Waals surface area contributed by atoms with Gasteiger partial charge in [-0.15, -0.1) is 0 Å². The lowest BCUT2D eigenvalue weighted by Crippen LogP contribution is -2.53. The molecule has 17 nitrogen and oxygen atoms in total. The van der Waals surface area contributed by atoms with Gasteiger partial charge in [-0.3, -0.25) is 24.2 Å². The molecule has 63 heavy (non-hydrogen) atoms.